The molecule has 0 spiro atoms. The average molecular weight is 247 g/mol. The van der Waals surface area contributed by atoms with Gasteiger partial charge in [-0.3, -0.25) is 0 Å². The van der Waals surface area contributed by atoms with Gasteiger partial charge in [0, 0.05) is 19.3 Å². The van der Waals surface area contributed by atoms with Gasteiger partial charge in [-0.1, -0.05) is 6.92 Å². The van der Waals surface area contributed by atoms with Crippen molar-refractivity contribution in [3.8, 4) is 11.8 Å². The van der Waals surface area contributed by atoms with E-state index in [-0.39, 0.29) is 6.04 Å². The molecule has 4 nitrogen and oxygen atoms in total. The minimum Gasteiger partial charge on any atom is -0.497 e. The van der Waals surface area contributed by atoms with E-state index in [4.69, 9.17) is 10.00 Å². The number of methoxy groups -OCH3 is 1. The Morgan fingerprint density at radius 3 is 2.56 bits per heavy atom. The van der Waals surface area contributed by atoms with Gasteiger partial charge in [0.05, 0.1) is 19.2 Å². The van der Waals surface area contributed by atoms with Crippen molar-refractivity contribution >= 4 is 5.69 Å². The number of hydrogen-bond donors (Lipinski definition) is 1. The van der Waals surface area contributed by atoms with Crippen LogP contribution in [0.3, 0.4) is 0 Å². The first-order valence-electron chi connectivity index (χ1n) is 6.19. The summed E-state index contributed by atoms with van der Waals surface area (Å²) in [4.78, 5) is 2.14. The second-order valence-electron chi connectivity index (χ2n) is 4.15. The highest BCUT2D eigenvalue weighted by atomic mass is 16.5. The van der Waals surface area contributed by atoms with Crippen molar-refractivity contribution in [2.45, 2.75) is 19.4 Å². The molecule has 0 aliphatic carbocycles. The minimum atomic E-state index is -0.0734. The highest BCUT2D eigenvalue weighted by molar-refractivity contribution is 5.48. The molecule has 1 unspecified atom stereocenters. The van der Waals surface area contributed by atoms with Crippen molar-refractivity contribution in [3.63, 3.8) is 0 Å². The molecule has 1 rings (SSSR count). The smallest absolute Gasteiger partial charge is 0.119 e. The lowest BCUT2D eigenvalue weighted by Crippen LogP contribution is -2.31. The van der Waals surface area contributed by atoms with Crippen molar-refractivity contribution in [1.82, 2.24) is 5.32 Å². The first-order chi connectivity index (χ1) is 8.71. The van der Waals surface area contributed by atoms with Crippen LogP contribution in [0.4, 0.5) is 5.69 Å². The Hall–Kier alpha value is -1.73. The monoisotopic (exact) mass is 247 g/mol. The van der Waals surface area contributed by atoms with Crippen LogP contribution in [-0.2, 0) is 0 Å². The number of hydrogen-bond acceptors (Lipinski definition) is 4. The molecule has 0 saturated carbocycles. The molecule has 0 aromatic heterocycles. The van der Waals surface area contributed by atoms with Crippen LogP contribution in [0.25, 0.3) is 0 Å². The van der Waals surface area contributed by atoms with Crippen LogP contribution in [0.2, 0.25) is 0 Å². The van der Waals surface area contributed by atoms with Crippen molar-refractivity contribution < 1.29 is 4.74 Å². The molecule has 18 heavy (non-hydrogen) atoms. The fourth-order valence-corrected chi connectivity index (χ4v) is 1.75. The largest absolute Gasteiger partial charge is 0.497 e. The fraction of sp³-hybridized carbons (Fsp3) is 0.500. The van der Waals surface area contributed by atoms with Crippen LogP contribution in [0.15, 0.2) is 24.3 Å². The summed E-state index contributed by atoms with van der Waals surface area (Å²) >= 11 is 0. The number of benzene rings is 1. The zero-order valence-corrected chi connectivity index (χ0v) is 11.3. The predicted molar refractivity (Wildman–Crippen MR) is 74.0 cm³/mol. The normalized spacial score (nSPS) is 11.7. The van der Waals surface area contributed by atoms with Gasteiger partial charge in [0.15, 0.2) is 0 Å². The maximum atomic E-state index is 8.96. The summed E-state index contributed by atoms with van der Waals surface area (Å²) < 4.78 is 5.12. The van der Waals surface area contributed by atoms with E-state index in [1.165, 1.54) is 0 Å². The third-order valence-electron chi connectivity index (χ3n) is 2.87. The third kappa shape index (κ3) is 4.27. The van der Waals surface area contributed by atoms with Gasteiger partial charge in [-0.2, -0.15) is 5.26 Å². The number of ether oxygens (including phenoxy) is 1. The molecule has 0 aliphatic heterocycles. The molecular formula is C14H21N3O. The summed E-state index contributed by atoms with van der Waals surface area (Å²) in [5, 5.41) is 12.1. The van der Waals surface area contributed by atoms with Gasteiger partial charge in [-0.15, -0.1) is 0 Å². The molecule has 0 heterocycles. The van der Waals surface area contributed by atoms with E-state index < -0.39 is 0 Å². The van der Waals surface area contributed by atoms with E-state index in [0.29, 0.717) is 0 Å². The Kier molecular flexibility index (Phi) is 6.03. The Bertz CT molecular complexity index is 383. The lowest BCUT2D eigenvalue weighted by Gasteiger charge is -2.21. The first-order valence-corrected chi connectivity index (χ1v) is 6.19. The molecule has 4 heteroatoms. The Labute approximate surface area is 109 Å². The van der Waals surface area contributed by atoms with E-state index in [9.17, 15) is 0 Å². The average Bonchev–Trinajstić information content (AvgIpc) is 2.43. The standard InChI is InChI=1S/C14H21N3O/c1-4-16-12(11-15)9-10-17(2)13-5-7-14(18-3)8-6-13/h5-8,12,16H,4,9-10H2,1-3H3. The summed E-state index contributed by atoms with van der Waals surface area (Å²) in [6, 6.07) is 10.1. The fourth-order valence-electron chi connectivity index (χ4n) is 1.75. The van der Waals surface area contributed by atoms with E-state index in [2.05, 4.69) is 16.3 Å². The highest BCUT2D eigenvalue weighted by Gasteiger charge is 2.07. The van der Waals surface area contributed by atoms with Crippen LogP contribution >= 0.6 is 0 Å². The molecular weight excluding hydrogens is 226 g/mol. The molecule has 0 amide bonds. The molecule has 1 atom stereocenters. The highest BCUT2D eigenvalue weighted by Crippen LogP contribution is 2.18. The van der Waals surface area contributed by atoms with E-state index in [1.807, 2.05) is 38.2 Å². The molecule has 1 N–H and O–H groups in total. The lowest BCUT2D eigenvalue weighted by atomic mass is 10.2. The molecule has 0 saturated heterocycles. The molecule has 0 fully saturated rings. The topological polar surface area (TPSA) is 48.3 Å². The summed E-state index contributed by atoms with van der Waals surface area (Å²) in [7, 11) is 3.69. The van der Waals surface area contributed by atoms with Gasteiger partial charge < -0.3 is 15.0 Å². The van der Waals surface area contributed by atoms with Gasteiger partial charge in [0.2, 0.25) is 0 Å². The van der Waals surface area contributed by atoms with E-state index in [0.717, 1.165) is 30.9 Å². The maximum absolute atomic E-state index is 8.96. The molecule has 0 bridgehead atoms. The number of anilines is 1. The molecule has 1 aromatic rings. The van der Waals surface area contributed by atoms with Gasteiger partial charge in [-0.05, 0) is 37.2 Å². The number of nitrogens with one attached hydrogen (secondary N) is 1. The van der Waals surface area contributed by atoms with Crippen LogP contribution in [0.5, 0.6) is 5.75 Å². The predicted octanol–water partition coefficient (Wildman–Crippen LogP) is 2.02. The second kappa shape index (κ2) is 7.57. The van der Waals surface area contributed by atoms with Crippen LogP contribution < -0.4 is 15.0 Å². The Balaban J connectivity index is 2.49. The second-order valence-corrected chi connectivity index (χ2v) is 4.15. The zero-order valence-electron chi connectivity index (χ0n) is 11.3. The summed E-state index contributed by atoms with van der Waals surface area (Å²) in [6.07, 6.45) is 0.812. The molecule has 98 valence electrons. The zero-order chi connectivity index (χ0) is 13.4. The number of nitriles is 1. The minimum absolute atomic E-state index is 0.0734. The van der Waals surface area contributed by atoms with Gasteiger partial charge in [-0.25, -0.2) is 0 Å². The number of rotatable bonds is 7. The molecule has 0 aliphatic rings. The quantitative estimate of drug-likeness (QED) is 0.801. The van der Waals surface area contributed by atoms with Crippen molar-refractivity contribution in [2.75, 3.05) is 32.1 Å². The Morgan fingerprint density at radius 2 is 2.06 bits per heavy atom. The number of nitrogens with zero attached hydrogens (tertiary/aromatic N) is 2. The Morgan fingerprint density at radius 1 is 1.39 bits per heavy atom. The first kappa shape index (κ1) is 14.3. The van der Waals surface area contributed by atoms with Gasteiger partial charge in [0.25, 0.3) is 0 Å². The van der Waals surface area contributed by atoms with Crippen molar-refractivity contribution in [2.24, 2.45) is 0 Å². The molecule has 1 aromatic carbocycles. The van der Waals surface area contributed by atoms with Gasteiger partial charge >= 0.3 is 0 Å². The van der Waals surface area contributed by atoms with Crippen LogP contribution in [-0.4, -0.2) is 33.3 Å². The SMILES string of the molecule is CCNC(C#N)CCN(C)c1ccc(OC)cc1. The van der Waals surface area contributed by atoms with Crippen molar-refractivity contribution in [3.05, 3.63) is 24.3 Å². The lowest BCUT2D eigenvalue weighted by molar-refractivity contribution is 0.415. The van der Waals surface area contributed by atoms with E-state index in [1.54, 1.807) is 7.11 Å². The summed E-state index contributed by atoms with van der Waals surface area (Å²) in [6.45, 7) is 3.68. The molecule has 0 radical (unpaired) electrons. The third-order valence-corrected chi connectivity index (χ3v) is 2.87. The summed E-state index contributed by atoms with van der Waals surface area (Å²) in [5.41, 5.74) is 1.13. The van der Waals surface area contributed by atoms with Crippen LogP contribution in [0.1, 0.15) is 13.3 Å². The van der Waals surface area contributed by atoms with Gasteiger partial charge in [0.1, 0.15) is 5.75 Å². The maximum Gasteiger partial charge on any atom is 0.119 e. The van der Waals surface area contributed by atoms with Crippen LogP contribution in [0, 0.1) is 11.3 Å². The summed E-state index contributed by atoms with van der Waals surface area (Å²) in [5.74, 6) is 0.856. The van der Waals surface area contributed by atoms with Crippen molar-refractivity contribution in [1.29, 1.82) is 5.26 Å². The van der Waals surface area contributed by atoms with E-state index >= 15 is 0 Å².